The van der Waals surface area contributed by atoms with Gasteiger partial charge in [-0.1, -0.05) is 6.07 Å². The van der Waals surface area contributed by atoms with E-state index in [2.05, 4.69) is 20.7 Å². The molecule has 0 fully saturated rings. The Morgan fingerprint density at radius 2 is 1.65 bits per heavy atom. The summed E-state index contributed by atoms with van der Waals surface area (Å²) in [7, 11) is -2.16. The van der Waals surface area contributed by atoms with Crippen LogP contribution in [-0.4, -0.2) is 39.5 Å². The topological polar surface area (TPSA) is 126 Å². The van der Waals surface area contributed by atoms with Crippen LogP contribution < -0.4 is 25.4 Å². The maximum atomic E-state index is 12.4. The molecule has 0 aliphatic carbocycles. The first kappa shape index (κ1) is 24.2. The number of anilines is 2. The molecule has 2 aromatic carbocycles. The third kappa shape index (κ3) is 8.27. The minimum atomic E-state index is -3.71. The molecule has 9 nitrogen and oxygen atoms in total. The van der Waals surface area contributed by atoms with Crippen LogP contribution >= 0.6 is 0 Å². The molecule has 4 N–H and O–H groups in total. The largest absolute Gasteiger partial charge is 0.497 e. The monoisotopic (exact) mass is 448 g/mol. The molecular weight excluding hydrogens is 420 g/mol. The maximum Gasteiger partial charge on any atom is 0.319 e. The first-order chi connectivity index (χ1) is 14.5. The van der Waals surface area contributed by atoms with Crippen LogP contribution in [0.15, 0.2) is 53.4 Å². The fourth-order valence-corrected chi connectivity index (χ4v) is 4.03. The number of carbonyl (C=O) groups excluding carboxylic acids is 2. The van der Waals surface area contributed by atoms with Gasteiger partial charge in [0.05, 0.1) is 12.0 Å². The smallest absolute Gasteiger partial charge is 0.319 e. The van der Waals surface area contributed by atoms with Gasteiger partial charge < -0.3 is 20.7 Å². The number of hydrogen-bond acceptors (Lipinski definition) is 5. The van der Waals surface area contributed by atoms with E-state index in [9.17, 15) is 18.0 Å². The molecule has 0 spiro atoms. The second kappa shape index (κ2) is 10.3. The van der Waals surface area contributed by atoms with Crippen molar-refractivity contribution in [3.63, 3.8) is 0 Å². The van der Waals surface area contributed by atoms with Crippen molar-refractivity contribution in [1.82, 2.24) is 10.0 Å². The van der Waals surface area contributed by atoms with Gasteiger partial charge >= 0.3 is 6.03 Å². The second-order valence-corrected chi connectivity index (χ2v) is 9.47. The number of hydrogen-bond donors (Lipinski definition) is 4. The Balaban J connectivity index is 1.84. The van der Waals surface area contributed by atoms with Crippen LogP contribution in [0.3, 0.4) is 0 Å². The molecule has 0 saturated heterocycles. The van der Waals surface area contributed by atoms with Crippen molar-refractivity contribution in [1.29, 1.82) is 0 Å². The van der Waals surface area contributed by atoms with Crippen molar-refractivity contribution in [2.75, 3.05) is 24.3 Å². The van der Waals surface area contributed by atoms with Gasteiger partial charge in [0.25, 0.3) is 0 Å². The van der Waals surface area contributed by atoms with Gasteiger partial charge in [0.15, 0.2) is 0 Å². The lowest BCUT2D eigenvalue weighted by Crippen LogP contribution is -2.40. The number of carbonyl (C=O) groups is 2. The van der Waals surface area contributed by atoms with Crippen LogP contribution in [-0.2, 0) is 14.8 Å². The highest BCUT2D eigenvalue weighted by Crippen LogP contribution is 2.18. The molecule has 3 amide bonds. The molecular formula is C21H28N4O5S. The molecule has 0 bridgehead atoms. The quantitative estimate of drug-likeness (QED) is 0.494. The molecule has 0 unspecified atom stereocenters. The van der Waals surface area contributed by atoms with Crippen molar-refractivity contribution in [3.8, 4) is 5.75 Å². The molecule has 31 heavy (non-hydrogen) atoms. The fraction of sp³-hybridized carbons (Fsp3) is 0.333. The summed E-state index contributed by atoms with van der Waals surface area (Å²) in [5.41, 5.74) is 0.310. The molecule has 0 aliphatic rings. The van der Waals surface area contributed by atoms with Crippen LogP contribution in [0.4, 0.5) is 16.2 Å². The number of benzene rings is 2. The molecule has 2 rings (SSSR count). The lowest BCUT2D eigenvalue weighted by Gasteiger charge is -2.20. The normalized spacial score (nSPS) is 11.5. The number of sulfonamides is 1. The summed E-state index contributed by atoms with van der Waals surface area (Å²) in [5, 5.41) is 7.87. The van der Waals surface area contributed by atoms with Gasteiger partial charge in [-0.05, 0) is 63.2 Å². The summed E-state index contributed by atoms with van der Waals surface area (Å²) in [5.74, 6) is 0.316. The average molecular weight is 449 g/mol. The highest BCUT2D eigenvalue weighted by Gasteiger charge is 2.22. The predicted octanol–water partition coefficient (Wildman–Crippen LogP) is 2.92. The zero-order valence-corrected chi connectivity index (χ0v) is 18.8. The predicted molar refractivity (Wildman–Crippen MR) is 120 cm³/mol. The van der Waals surface area contributed by atoms with E-state index in [1.54, 1.807) is 64.3 Å². The summed E-state index contributed by atoms with van der Waals surface area (Å²) in [6.07, 6.45) is 0.0211. The summed E-state index contributed by atoms with van der Waals surface area (Å²) >= 11 is 0. The minimum absolute atomic E-state index is 0.0211. The standard InChI is InChI=1S/C21H28N4O5S/c1-21(2,3)25-31(28,29)18-7-5-6-16(14-18)23-19(26)12-13-22-20(27)24-15-8-10-17(30-4)11-9-15/h5-11,14,25H,12-13H2,1-4H3,(H,23,26)(H2,22,24,27). The first-order valence-corrected chi connectivity index (χ1v) is 11.1. The maximum absolute atomic E-state index is 12.4. The molecule has 10 heteroatoms. The van der Waals surface area contributed by atoms with Gasteiger partial charge in [-0.25, -0.2) is 17.9 Å². The minimum Gasteiger partial charge on any atom is -0.497 e. The van der Waals surface area contributed by atoms with E-state index in [4.69, 9.17) is 4.74 Å². The van der Waals surface area contributed by atoms with Gasteiger partial charge in [-0.3, -0.25) is 4.79 Å². The second-order valence-electron chi connectivity index (χ2n) is 7.79. The van der Waals surface area contributed by atoms with Crippen molar-refractivity contribution < 1.29 is 22.7 Å². The van der Waals surface area contributed by atoms with Gasteiger partial charge in [0, 0.05) is 29.9 Å². The number of amides is 3. The molecule has 168 valence electrons. The van der Waals surface area contributed by atoms with Crippen molar-refractivity contribution in [2.45, 2.75) is 37.6 Å². The molecule has 0 radical (unpaired) electrons. The Kier molecular flexibility index (Phi) is 8.01. The van der Waals surface area contributed by atoms with E-state index in [1.165, 1.54) is 12.1 Å². The molecule has 0 aliphatic heterocycles. The summed E-state index contributed by atoms with van der Waals surface area (Å²) in [4.78, 5) is 24.1. The molecule has 0 atom stereocenters. The van der Waals surface area contributed by atoms with E-state index < -0.39 is 21.6 Å². The van der Waals surface area contributed by atoms with Crippen molar-refractivity contribution in [2.24, 2.45) is 0 Å². The zero-order valence-electron chi connectivity index (χ0n) is 18.0. The van der Waals surface area contributed by atoms with E-state index in [0.29, 0.717) is 17.1 Å². The number of urea groups is 1. The van der Waals surface area contributed by atoms with Crippen LogP contribution in [0.1, 0.15) is 27.2 Å². The Morgan fingerprint density at radius 3 is 2.26 bits per heavy atom. The van der Waals surface area contributed by atoms with E-state index in [-0.39, 0.29) is 23.8 Å². The van der Waals surface area contributed by atoms with Crippen LogP contribution in [0.5, 0.6) is 5.75 Å². The van der Waals surface area contributed by atoms with E-state index in [0.717, 1.165) is 0 Å². The Bertz CT molecular complexity index is 1010. The lowest BCUT2D eigenvalue weighted by molar-refractivity contribution is -0.116. The SMILES string of the molecule is COc1ccc(NC(=O)NCCC(=O)Nc2cccc(S(=O)(=O)NC(C)(C)C)c2)cc1. The van der Waals surface area contributed by atoms with Gasteiger partial charge in [0.1, 0.15) is 5.75 Å². The van der Waals surface area contributed by atoms with Crippen LogP contribution in [0.25, 0.3) is 0 Å². The lowest BCUT2D eigenvalue weighted by atomic mass is 10.1. The molecule has 2 aromatic rings. The highest BCUT2D eigenvalue weighted by atomic mass is 32.2. The van der Waals surface area contributed by atoms with E-state index >= 15 is 0 Å². The van der Waals surface area contributed by atoms with Gasteiger partial charge in [0.2, 0.25) is 15.9 Å². The molecule has 0 heterocycles. The third-order valence-corrected chi connectivity index (χ3v) is 5.61. The van der Waals surface area contributed by atoms with E-state index in [1.807, 2.05) is 0 Å². The van der Waals surface area contributed by atoms with Crippen molar-refractivity contribution in [3.05, 3.63) is 48.5 Å². The Hall–Kier alpha value is -3.11. The van der Waals surface area contributed by atoms with Gasteiger partial charge in [-0.2, -0.15) is 0 Å². The number of ether oxygens (including phenoxy) is 1. The van der Waals surface area contributed by atoms with Crippen LogP contribution in [0.2, 0.25) is 0 Å². The zero-order chi connectivity index (χ0) is 23.1. The highest BCUT2D eigenvalue weighted by molar-refractivity contribution is 7.89. The number of nitrogens with one attached hydrogen (secondary N) is 4. The van der Waals surface area contributed by atoms with Crippen molar-refractivity contribution >= 4 is 33.3 Å². The summed E-state index contributed by atoms with van der Waals surface area (Å²) < 4.78 is 32.5. The van der Waals surface area contributed by atoms with Crippen LogP contribution in [0, 0.1) is 0 Å². The number of rotatable bonds is 8. The summed E-state index contributed by atoms with van der Waals surface area (Å²) in [6, 6.07) is 12.4. The number of methoxy groups -OCH3 is 1. The summed E-state index contributed by atoms with van der Waals surface area (Å²) in [6.45, 7) is 5.34. The van der Waals surface area contributed by atoms with Gasteiger partial charge in [-0.15, -0.1) is 0 Å². The molecule has 0 aromatic heterocycles. The molecule has 0 saturated carbocycles. The average Bonchev–Trinajstić information content (AvgIpc) is 2.67. The Labute approximate surface area is 182 Å². The Morgan fingerprint density at radius 1 is 0.968 bits per heavy atom. The first-order valence-electron chi connectivity index (χ1n) is 9.61. The third-order valence-electron chi connectivity index (χ3n) is 3.85. The fourth-order valence-electron chi connectivity index (χ4n) is 2.57.